The molecule has 1 aromatic heterocycles. The SMILES string of the molecule is CCc1cnc(N2CC3COCC(C2)C3Oc2c(F)cc(-c3ccc(S(C)(=O)=O)cc3)cc2F)nc1. The van der Waals surface area contributed by atoms with Gasteiger partial charge in [0.2, 0.25) is 5.95 Å². The summed E-state index contributed by atoms with van der Waals surface area (Å²) in [4.78, 5) is 11.2. The summed E-state index contributed by atoms with van der Waals surface area (Å²) in [6, 6.07) is 8.30. The molecule has 5 rings (SSSR count). The fourth-order valence-corrected chi connectivity index (χ4v) is 5.45. The van der Waals surface area contributed by atoms with Crippen LogP contribution in [0.2, 0.25) is 0 Å². The van der Waals surface area contributed by atoms with E-state index in [1.54, 1.807) is 0 Å². The van der Waals surface area contributed by atoms with Gasteiger partial charge >= 0.3 is 0 Å². The Hall–Kier alpha value is -3.11. The van der Waals surface area contributed by atoms with E-state index in [1.165, 1.54) is 36.4 Å². The van der Waals surface area contributed by atoms with Gasteiger partial charge in [-0.15, -0.1) is 0 Å². The van der Waals surface area contributed by atoms with Gasteiger partial charge in [-0.1, -0.05) is 19.1 Å². The first-order chi connectivity index (χ1) is 17.2. The second-order valence-electron chi connectivity index (χ2n) is 9.36. The van der Waals surface area contributed by atoms with Crippen LogP contribution < -0.4 is 9.64 Å². The number of rotatable bonds is 6. The Morgan fingerprint density at radius 3 is 2.11 bits per heavy atom. The van der Waals surface area contributed by atoms with Gasteiger partial charge in [-0.25, -0.2) is 27.2 Å². The van der Waals surface area contributed by atoms with E-state index >= 15 is 8.78 Å². The van der Waals surface area contributed by atoms with E-state index < -0.39 is 33.3 Å². The van der Waals surface area contributed by atoms with Crippen molar-refractivity contribution in [3.05, 3.63) is 66.0 Å². The van der Waals surface area contributed by atoms with Crippen LogP contribution in [-0.2, 0) is 21.0 Å². The largest absolute Gasteiger partial charge is 0.483 e. The highest BCUT2D eigenvalue weighted by Gasteiger charge is 2.43. The van der Waals surface area contributed by atoms with Crippen LogP contribution in [0.25, 0.3) is 11.1 Å². The molecule has 0 N–H and O–H groups in total. The summed E-state index contributed by atoms with van der Waals surface area (Å²) in [6.07, 6.45) is 5.19. The van der Waals surface area contributed by atoms with Crippen molar-refractivity contribution >= 4 is 15.8 Å². The summed E-state index contributed by atoms with van der Waals surface area (Å²) in [5.41, 5.74) is 1.85. The van der Waals surface area contributed by atoms with Crippen LogP contribution in [0, 0.1) is 23.5 Å². The molecule has 2 atom stereocenters. The standard InChI is InChI=1S/C26H27F2N3O4S/c1-3-16-10-29-26(30-11-16)31-12-19-14-34-15-20(13-31)24(19)35-25-22(27)8-18(9-23(25)28)17-4-6-21(7-5-17)36(2,32)33/h4-11,19-20,24H,3,12-15H2,1-2H3. The van der Waals surface area contributed by atoms with Crippen molar-refractivity contribution in [2.45, 2.75) is 24.3 Å². The maximum atomic E-state index is 15.1. The number of sulfone groups is 1. The average molecular weight is 516 g/mol. The van der Waals surface area contributed by atoms with Crippen molar-refractivity contribution in [1.29, 1.82) is 0 Å². The van der Waals surface area contributed by atoms with Gasteiger partial charge in [0.25, 0.3) is 0 Å². The zero-order valence-corrected chi connectivity index (χ0v) is 20.8. The molecule has 190 valence electrons. The summed E-state index contributed by atoms with van der Waals surface area (Å²) < 4.78 is 65.2. The molecule has 3 heterocycles. The van der Waals surface area contributed by atoms with Gasteiger partial charge in [0.1, 0.15) is 6.10 Å². The first-order valence-electron chi connectivity index (χ1n) is 11.8. The highest BCUT2D eigenvalue weighted by molar-refractivity contribution is 7.90. The van der Waals surface area contributed by atoms with E-state index in [1.807, 2.05) is 19.3 Å². The molecule has 2 unspecified atom stereocenters. The summed E-state index contributed by atoms with van der Waals surface area (Å²) in [5.74, 6) is -1.60. The van der Waals surface area contributed by atoms with Gasteiger partial charge in [0, 0.05) is 43.6 Å². The molecule has 2 aliphatic rings. The molecule has 10 heteroatoms. The molecule has 7 nitrogen and oxygen atoms in total. The van der Waals surface area contributed by atoms with Gasteiger partial charge < -0.3 is 14.4 Å². The van der Waals surface area contributed by atoms with Crippen molar-refractivity contribution in [2.24, 2.45) is 11.8 Å². The monoisotopic (exact) mass is 515 g/mol. The van der Waals surface area contributed by atoms with Gasteiger partial charge in [0.15, 0.2) is 27.2 Å². The summed E-state index contributed by atoms with van der Waals surface area (Å²) in [6.45, 7) is 3.99. The zero-order valence-electron chi connectivity index (χ0n) is 20.0. The lowest BCUT2D eigenvalue weighted by Gasteiger charge is -2.46. The lowest BCUT2D eigenvalue weighted by atomic mass is 9.84. The van der Waals surface area contributed by atoms with E-state index in [9.17, 15) is 8.42 Å². The third-order valence-electron chi connectivity index (χ3n) is 6.75. The molecule has 2 saturated heterocycles. The van der Waals surface area contributed by atoms with E-state index in [-0.39, 0.29) is 16.7 Å². The summed E-state index contributed by atoms with van der Waals surface area (Å²) in [5, 5.41) is 0. The lowest BCUT2D eigenvalue weighted by Crippen LogP contribution is -2.58. The number of fused-ring (bicyclic) bond motifs is 2. The fraction of sp³-hybridized carbons (Fsp3) is 0.385. The molecule has 0 radical (unpaired) electrons. The molecule has 0 aliphatic carbocycles. The van der Waals surface area contributed by atoms with E-state index in [2.05, 4.69) is 14.9 Å². The minimum Gasteiger partial charge on any atom is -0.483 e. The Kier molecular flexibility index (Phi) is 6.65. The van der Waals surface area contributed by atoms with Gasteiger partial charge in [-0.2, -0.15) is 0 Å². The number of hydrogen-bond acceptors (Lipinski definition) is 7. The second-order valence-corrected chi connectivity index (χ2v) is 11.4. The molecule has 36 heavy (non-hydrogen) atoms. The number of halogens is 2. The first kappa shape index (κ1) is 24.6. The molecule has 2 aliphatic heterocycles. The van der Waals surface area contributed by atoms with E-state index in [0.717, 1.165) is 18.2 Å². The quantitative estimate of drug-likeness (QED) is 0.492. The first-order valence-corrected chi connectivity index (χ1v) is 13.7. The van der Waals surface area contributed by atoms with Crippen LogP contribution in [-0.4, -0.2) is 57.0 Å². The third kappa shape index (κ3) is 4.92. The molecule has 0 spiro atoms. The molecular weight excluding hydrogens is 488 g/mol. The molecule has 2 fully saturated rings. The number of hydrogen-bond donors (Lipinski definition) is 0. The lowest BCUT2D eigenvalue weighted by molar-refractivity contribution is -0.0777. The Morgan fingerprint density at radius 1 is 1.00 bits per heavy atom. The van der Waals surface area contributed by atoms with Crippen molar-refractivity contribution in [3.63, 3.8) is 0 Å². The summed E-state index contributed by atoms with van der Waals surface area (Å²) in [7, 11) is -3.36. The molecule has 2 aromatic carbocycles. The number of nitrogens with zero attached hydrogens (tertiary/aromatic N) is 3. The number of aromatic nitrogens is 2. The maximum absolute atomic E-state index is 15.1. The molecule has 0 amide bonds. The van der Waals surface area contributed by atoms with Crippen LogP contribution in [0.1, 0.15) is 12.5 Å². The minimum absolute atomic E-state index is 0.103. The molecule has 2 bridgehead atoms. The maximum Gasteiger partial charge on any atom is 0.225 e. The molecule has 3 aromatic rings. The van der Waals surface area contributed by atoms with Gasteiger partial charge in [0.05, 0.1) is 18.1 Å². The smallest absolute Gasteiger partial charge is 0.225 e. The van der Waals surface area contributed by atoms with Crippen molar-refractivity contribution in [2.75, 3.05) is 37.5 Å². The highest BCUT2D eigenvalue weighted by Crippen LogP contribution is 2.36. The minimum atomic E-state index is -3.36. The van der Waals surface area contributed by atoms with E-state index in [0.29, 0.717) is 43.4 Å². The Morgan fingerprint density at radius 2 is 1.58 bits per heavy atom. The molecular formula is C26H27F2N3O4S. The Bertz CT molecular complexity index is 1310. The fourth-order valence-electron chi connectivity index (χ4n) is 4.82. The van der Waals surface area contributed by atoms with Crippen molar-refractivity contribution in [3.8, 4) is 16.9 Å². The predicted octanol–water partition coefficient (Wildman–Crippen LogP) is 3.92. The normalized spacial score (nSPS) is 21.9. The predicted molar refractivity (Wildman–Crippen MR) is 131 cm³/mol. The number of ether oxygens (including phenoxy) is 2. The van der Waals surface area contributed by atoms with Crippen molar-refractivity contribution in [1.82, 2.24) is 9.97 Å². The zero-order chi connectivity index (χ0) is 25.4. The number of piperidine rings is 1. The van der Waals surface area contributed by atoms with Crippen LogP contribution in [0.3, 0.4) is 0 Å². The van der Waals surface area contributed by atoms with Crippen LogP contribution in [0.15, 0.2) is 53.7 Å². The Labute approximate surface area is 209 Å². The Balaban J connectivity index is 1.35. The van der Waals surface area contributed by atoms with Gasteiger partial charge in [-0.05, 0) is 47.4 Å². The average Bonchev–Trinajstić information content (AvgIpc) is 2.85. The highest BCUT2D eigenvalue weighted by atomic mass is 32.2. The number of benzene rings is 2. The van der Waals surface area contributed by atoms with Crippen molar-refractivity contribution < 1.29 is 26.7 Å². The number of anilines is 1. The van der Waals surface area contributed by atoms with E-state index in [4.69, 9.17) is 9.47 Å². The molecule has 0 saturated carbocycles. The van der Waals surface area contributed by atoms with Crippen LogP contribution >= 0.6 is 0 Å². The third-order valence-corrected chi connectivity index (χ3v) is 7.88. The topological polar surface area (TPSA) is 81.6 Å². The second kappa shape index (κ2) is 9.74. The van der Waals surface area contributed by atoms with Crippen LogP contribution in [0.4, 0.5) is 14.7 Å². The van der Waals surface area contributed by atoms with Gasteiger partial charge in [-0.3, -0.25) is 0 Å². The number of aryl methyl sites for hydroxylation is 1. The summed E-state index contributed by atoms with van der Waals surface area (Å²) >= 11 is 0. The van der Waals surface area contributed by atoms with Crippen LogP contribution in [0.5, 0.6) is 5.75 Å².